The topological polar surface area (TPSA) is 89.0 Å². The fraction of sp³-hybridized carbons (Fsp3) is 0.462. The zero-order valence-electron chi connectivity index (χ0n) is 11.1. The molecule has 7 nitrogen and oxygen atoms in total. The van der Waals surface area contributed by atoms with E-state index in [1.165, 1.54) is 18.2 Å². The van der Waals surface area contributed by atoms with Crippen molar-refractivity contribution in [3.8, 4) is 5.88 Å². The minimum Gasteiger partial charge on any atom is -0.481 e. The van der Waals surface area contributed by atoms with Crippen molar-refractivity contribution in [2.75, 3.05) is 26.9 Å². The molecular formula is C13H16N2O5. The van der Waals surface area contributed by atoms with E-state index in [9.17, 15) is 9.59 Å². The first-order chi connectivity index (χ1) is 9.63. The molecule has 0 aliphatic carbocycles. The molecule has 1 N–H and O–H groups in total. The molecule has 0 aromatic carbocycles. The van der Waals surface area contributed by atoms with Crippen LogP contribution in [0.1, 0.15) is 16.8 Å². The lowest BCUT2D eigenvalue weighted by Crippen LogP contribution is -2.49. The van der Waals surface area contributed by atoms with Gasteiger partial charge in [0.1, 0.15) is 5.56 Å². The van der Waals surface area contributed by atoms with Gasteiger partial charge in [-0.1, -0.05) is 0 Å². The van der Waals surface area contributed by atoms with Crippen LogP contribution in [0.4, 0.5) is 0 Å². The van der Waals surface area contributed by atoms with E-state index >= 15 is 0 Å². The summed E-state index contributed by atoms with van der Waals surface area (Å²) in [4.78, 5) is 28.9. The molecule has 108 valence electrons. The Kier molecular flexibility index (Phi) is 4.52. The van der Waals surface area contributed by atoms with Gasteiger partial charge in [0.15, 0.2) is 0 Å². The number of hydrogen-bond acceptors (Lipinski definition) is 5. The van der Waals surface area contributed by atoms with Gasteiger partial charge in [0, 0.05) is 12.7 Å². The Morgan fingerprint density at radius 3 is 3.10 bits per heavy atom. The molecule has 1 atom stereocenters. The highest BCUT2D eigenvalue weighted by Crippen LogP contribution is 2.20. The minimum atomic E-state index is -0.962. The van der Waals surface area contributed by atoms with E-state index in [2.05, 4.69) is 4.98 Å². The van der Waals surface area contributed by atoms with Crippen LogP contribution in [0.25, 0.3) is 0 Å². The summed E-state index contributed by atoms with van der Waals surface area (Å²) in [5, 5.41) is 8.91. The Bertz CT molecular complexity index is 505. The SMILES string of the molecule is COc1ncccc1C(=O)N1CCOCC1CC(=O)O. The standard InChI is InChI=1S/C13H16N2O5/c1-19-12-10(3-2-4-14-12)13(18)15-5-6-20-8-9(15)7-11(16)17/h2-4,9H,5-8H2,1H3,(H,16,17). The third-order valence-corrected chi connectivity index (χ3v) is 3.09. The van der Waals surface area contributed by atoms with Crippen LogP contribution in [0.3, 0.4) is 0 Å². The Hall–Kier alpha value is -2.15. The molecule has 1 aromatic heterocycles. The molecule has 1 saturated heterocycles. The van der Waals surface area contributed by atoms with Crippen molar-refractivity contribution in [1.29, 1.82) is 0 Å². The second-order valence-electron chi connectivity index (χ2n) is 4.39. The van der Waals surface area contributed by atoms with Crippen LogP contribution in [-0.2, 0) is 9.53 Å². The summed E-state index contributed by atoms with van der Waals surface area (Å²) in [5.41, 5.74) is 0.326. The van der Waals surface area contributed by atoms with E-state index in [-0.39, 0.29) is 24.8 Å². The van der Waals surface area contributed by atoms with Gasteiger partial charge in [-0.15, -0.1) is 0 Å². The molecule has 20 heavy (non-hydrogen) atoms. The van der Waals surface area contributed by atoms with Crippen molar-refractivity contribution in [2.45, 2.75) is 12.5 Å². The predicted molar refractivity (Wildman–Crippen MR) is 68.7 cm³/mol. The zero-order chi connectivity index (χ0) is 14.5. The molecule has 1 aliphatic heterocycles. The first-order valence-electron chi connectivity index (χ1n) is 6.23. The van der Waals surface area contributed by atoms with Crippen LogP contribution in [0.15, 0.2) is 18.3 Å². The number of methoxy groups -OCH3 is 1. The number of aliphatic carboxylic acids is 1. The van der Waals surface area contributed by atoms with Gasteiger partial charge in [0.05, 0.1) is 32.8 Å². The molecular weight excluding hydrogens is 264 g/mol. The maximum Gasteiger partial charge on any atom is 0.305 e. The van der Waals surface area contributed by atoms with Crippen molar-refractivity contribution >= 4 is 11.9 Å². The predicted octanol–water partition coefficient (Wildman–Crippen LogP) is 0.406. The number of hydrogen-bond donors (Lipinski definition) is 1. The molecule has 2 heterocycles. The highest BCUT2D eigenvalue weighted by Gasteiger charge is 2.31. The normalized spacial score (nSPS) is 18.6. The van der Waals surface area contributed by atoms with Crippen LogP contribution in [0.5, 0.6) is 5.88 Å². The smallest absolute Gasteiger partial charge is 0.305 e. The highest BCUT2D eigenvalue weighted by molar-refractivity contribution is 5.96. The number of pyridine rings is 1. The number of carboxylic acid groups (broad SMARTS) is 1. The third kappa shape index (κ3) is 3.05. The Labute approximate surface area is 116 Å². The lowest BCUT2D eigenvalue weighted by Gasteiger charge is -2.34. The molecule has 7 heteroatoms. The van der Waals surface area contributed by atoms with E-state index in [1.54, 1.807) is 12.1 Å². The number of rotatable bonds is 4. The molecule has 2 rings (SSSR count). The zero-order valence-corrected chi connectivity index (χ0v) is 11.1. The van der Waals surface area contributed by atoms with Gasteiger partial charge in [-0.25, -0.2) is 4.98 Å². The first kappa shape index (κ1) is 14.3. The first-order valence-corrected chi connectivity index (χ1v) is 6.23. The minimum absolute atomic E-state index is 0.145. The lowest BCUT2D eigenvalue weighted by molar-refractivity contribution is -0.139. The number of carboxylic acids is 1. The Morgan fingerprint density at radius 1 is 1.60 bits per heavy atom. The van der Waals surface area contributed by atoms with Gasteiger partial charge in [-0.05, 0) is 12.1 Å². The molecule has 0 bridgehead atoms. The summed E-state index contributed by atoms with van der Waals surface area (Å²) in [7, 11) is 1.44. The van der Waals surface area contributed by atoms with E-state index in [0.717, 1.165) is 0 Å². The number of nitrogens with zero attached hydrogens (tertiary/aromatic N) is 2. The maximum absolute atomic E-state index is 12.5. The summed E-state index contributed by atoms with van der Waals surface area (Å²) in [6.07, 6.45) is 1.39. The fourth-order valence-corrected chi connectivity index (χ4v) is 2.16. The van der Waals surface area contributed by atoms with E-state index < -0.39 is 12.0 Å². The van der Waals surface area contributed by atoms with Gasteiger partial charge < -0.3 is 19.5 Å². The Balaban J connectivity index is 2.23. The van der Waals surface area contributed by atoms with Crippen molar-refractivity contribution in [3.05, 3.63) is 23.9 Å². The van der Waals surface area contributed by atoms with Gasteiger partial charge in [0.2, 0.25) is 5.88 Å². The number of amides is 1. The Morgan fingerprint density at radius 2 is 2.40 bits per heavy atom. The van der Waals surface area contributed by atoms with Gasteiger partial charge in [-0.3, -0.25) is 9.59 Å². The lowest BCUT2D eigenvalue weighted by atomic mass is 10.1. The molecule has 0 saturated carbocycles. The molecule has 1 unspecified atom stereocenters. The molecule has 1 amide bonds. The van der Waals surface area contributed by atoms with E-state index in [1.807, 2.05) is 0 Å². The monoisotopic (exact) mass is 280 g/mol. The summed E-state index contributed by atoms with van der Waals surface area (Å²) < 4.78 is 10.3. The van der Waals surface area contributed by atoms with Gasteiger partial charge in [-0.2, -0.15) is 0 Å². The number of aromatic nitrogens is 1. The van der Waals surface area contributed by atoms with Gasteiger partial charge >= 0.3 is 5.97 Å². The fourth-order valence-electron chi connectivity index (χ4n) is 2.16. The van der Waals surface area contributed by atoms with E-state index in [4.69, 9.17) is 14.6 Å². The summed E-state index contributed by atoms with van der Waals surface area (Å²) in [5.74, 6) is -1.01. The van der Waals surface area contributed by atoms with Crippen LogP contribution in [0, 0.1) is 0 Å². The second kappa shape index (κ2) is 6.33. The highest BCUT2D eigenvalue weighted by atomic mass is 16.5. The third-order valence-electron chi connectivity index (χ3n) is 3.09. The molecule has 1 fully saturated rings. The van der Waals surface area contributed by atoms with Crippen LogP contribution >= 0.6 is 0 Å². The second-order valence-corrected chi connectivity index (χ2v) is 4.39. The van der Waals surface area contributed by atoms with E-state index in [0.29, 0.717) is 18.7 Å². The average molecular weight is 280 g/mol. The summed E-state index contributed by atoms with van der Waals surface area (Å²) in [6, 6.07) is 2.78. The molecule has 0 spiro atoms. The summed E-state index contributed by atoms with van der Waals surface area (Å²) >= 11 is 0. The average Bonchev–Trinajstić information content (AvgIpc) is 2.46. The quantitative estimate of drug-likeness (QED) is 0.859. The van der Waals surface area contributed by atoms with Crippen LogP contribution < -0.4 is 4.74 Å². The van der Waals surface area contributed by atoms with Crippen molar-refractivity contribution in [3.63, 3.8) is 0 Å². The van der Waals surface area contributed by atoms with Crippen LogP contribution in [0.2, 0.25) is 0 Å². The molecule has 0 radical (unpaired) electrons. The number of morpholine rings is 1. The van der Waals surface area contributed by atoms with Crippen molar-refractivity contribution in [2.24, 2.45) is 0 Å². The van der Waals surface area contributed by atoms with Crippen molar-refractivity contribution in [1.82, 2.24) is 9.88 Å². The van der Waals surface area contributed by atoms with Crippen molar-refractivity contribution < 1.29 is 24.2 Å². The number of carbonyl (C=O) groups is 2. The molecule has 1 aromatic rings. The molecule has 1 aliphatic rings. The number of ether oxygens (including phenoxy) is 2. The van der Waals surface area contributed by atoms with Crippen LogP contribution in [-0.4, -0.2) is 59.8 Å². The van der Waals surface area contributed by atoms with Gasteiger partial charge in [0.25, 0.3) is 5.91 Å². The largest absolute Gasteiger partial charge is 0.481 e. The maximum atomic E-state index is 12.5. The number of carbonyl (C=O) groups excluding carboxylic acids is 1. The summed E-state index contributed by atoms with van der Waals surface area (Å²) in [6.45, 7) is 0.972.